The van der Waals surface area contributed by atoms with Crippen LogP contribution in [-0.4, -0.2) is 36.8 Å². The van der Waals surface area contributed by atoms with Gasteiger partial charge in [-0.3, -0.25) is 15.0 Å². The Morgan fingerprint density at radius 3 is 2.75 bits per heavy atom. The van der Waals surface area contributed by atoms with Gasteiger partial charge in [0.15, 0.2) is 11.5 Å². The summed E-state index contributed by atoms with van der Waals surface area (Å²) in [7, 11) is 1.51. The highest BCUT2D eigenvalue weighted by atomic mass is 16.7. The summed E-state index contributed by atoms with van der Waals surface area (Å²) in [5.74, 6) is 0.253. The summed E-state index contributed by atoms with van der Waals surface area (Å²) in [4.78, 5) is 37.9. The number of benzene rings is 2. The van der Waals surface area contributed by atoms with Crippen molar-refractivity contribution in [3.63, 3.8) is 0 Å². The summed E-state index contributed by atoms with van der Waals surface area (Å²) >= 11 is 0. The maximum atomic E-state index is 12.9. The van der Waals surface area contributed by atoms with Crippen molar-refractivity contribution < 1.29 is 28.6 Å². The molecule has 1 fully saturated rings. The minimum Gasteiger partial charge on any atom is -0.497 e. The highest BCUT2D eigenvalue weighted by Gasteiger charge is 2.50. The van der Waals surface area contributed by atoms with Crippen LogP contribution in [-0.2, 0) is 10.3 Å². The van der Waals surface area contributed by atoms with Crippen LogP contribution >= 0.6 is 0 Å². The van der Waals surface area contributed by atoms with Gasteiger partial charge in [-0.15, -0.1) is 0 Å². The Bertz CT molecular complexity index is 991. The van der Waals surface area contributed by atoms with E-state index in [0.717, 1.165) is 0 Å². The Labute approximate surface area is 160 Å². The second-order valence-corrected chi connectivity index (χ2v) is 6.44. The summed E-state index contributed by atoms with van der Waals surface area (Å²) < 4.78 is 15.6. The summed E-state index contributed by atoms with van der Waals surface area (Å²) in [6.45, 7) is 1.64. The molecule has 9 nitrogen and oxygen atoms in total. The first-order chi connectivity index (χ1) is 13.4. The summed E-state index contributed by atoms with van der Waals surface area (Å²) in [6.07, 6.45) is 0. The third-order valence-corrected chi connectivity index (χ3v) is 4.69. The van der Waals surface area contributed by atoms with Crippen LogP contribution < -0.4 is 25.0 Å². The first-order valence-electron chi connectivity index (χ1n) is 8.44. The van der Waals surface area contributed by atoms with Crippen molar-refractivity contribution in [2.24, 2.45) is 0 Å². The number of hydrogen-bond donors (Lipinski definition) is 2. The van der Waals surface area contributed by atoms with Crippen LogP contribution in [0.3, 0.4) is 0 Å². The predicted octanol–water partition coefficient (Wildman–Crippen LogP) is 1.54. The van der Waals surface area contributed by atoms with E-state index in [-0.39, 0.29) is 12.4 Å². The highest BCUT2D eigenvalue weighted by molar-refractivity contribution is 6.09. The molecule has 0 aliphatic carbocycles. The third-order valence-electron chi connectivity index (χ3n) is 4.69. The second kappa shape index (κ2) is 6.45. The van der Waals surface area contributed by atoms with E-state index >= 15 is 0 Å². The molecule has 144 valence electrons. The van der Waals surface area contributed by atoms with Gasteiger partial charge in [-0.25, -0.2) is 4.79 Å². The van der Waals surface area contributed by atoms with E-state index in [1.54, 1.807) is 37.3 Å². The lowest BCUT2D eigenvalue weighted by atomic mass is 9.92. The molecule has 2 aliphatic heterocycles. The average molecular weight is 383 g/mol. The zero-order chi connectivity index (χ0) is 19.9. The van der Waals surface area contributed by atoms with Crippen LogP contribution in [0.15, 0.2) is 42.5 Å². The summed E-state index contributed by atoms with van der Waals surface area (Å²) in [5.41, 5.74) is 1.76. The van der Waals surface area contributed by atoms with Crippen LogP contribution in [0.1, 0.15) is 22.8 Å². The van der Waals surface area contributed by atoms with Gasteiger partial charge >= 0.3 is 6.03 Å². The average Bonchev–Trinajstić information content (AvgIpc) is 3.26. The van der Waals surface area contributed by atoms with Crippen LogP contribution in [0.4, 0.5) is 4.79 Å². The van der Waals surface area contributed by atoms with Crippen molar-refractivity contribution in [2.75, 3.05) is 13.9 Å². The Kier molecular flexibility index (Phi) is 4.07. The van der Waals surface area contributed by atoms with Crippen molar-refractivity contribution in [1.29, 1.82) is 0 Å². The topological polar surface area (TPSA) is 106 Å². The van der Waals surface area contributed by atoms with Gasteiger partial charge in [-0.2, -0.15) is 5.01 Å². The lowest BCUT2D eigenvalue weighted by Crippen LogP contribution is -2.47. The molecule has 0 radical (unpaired) electrons. The Morgan fingerprint density at radius 2 is 1.96 bits per heavy atom. The van der Waals surface area contributed by atoms with Gasteiger partial charge in [0.05, 0.1) is 7.11 Å². The van der Waals surface area contributed by atoms with Gasteiger partial charge in [-0.1, -0.05) is 12.1 Å². The van der Waals surface area contributed by atoms with Gasteiger partial charge in [0.25, 0.3) is 11.8 Å². The zero-order valence-corrected chi connectivity index (χ0v) is 15.1. The molecule has 2 aromatic rings. The molecule has 28 heavy (non-hydrogen) atoms. The molecule has 1 saturated heterocycles. The zero-order valence-electron chi connectivity index (χ0n) is 15.1. The van der Waals surface area contributed by atoms with Crippen LogP contribution in [0.2, 0.25) is 0 Å². The van der Waals surface area contributed by atoms with Gasteiger partial charge in [0.1, 0.15) is 11.3 Å². The van der Waals surface area contributed by atoms with Crippen molar-refractivity contribution in [3.8, 4) is 17.2 Å². The first kappa shape index (κ1) is 17.7. The maximum Gasteiger partial charge on any atom is 0.344 e. The van der Waals surface area contributed by atoms with E-state index in [1.807, 2.05) is 0 Å². The molecule has 2 N–H and O–H groups in total. The van der Waals surface area contributed by atoms with E-state index in [2.05, 4.69) is 10.7 Å². The van der Waals surface area contributed by atoms with E-state index in [1.165, 1.54) is 19.2 Å². The van der Waals surface area contributed by atoms with E-state index in [0.29, 0.717) is 27.8 Å². The molecule has 0 bridgehead atoms. The fourth-order valence-corrected chi connectivity index (χ4v) is 3.07. The van der Waals surface area contributed by atoms with Crippen LogP contribution in [0.5, 0.6) is 17.2 Å². The summed E-state index contributed by atoms with van der Waals surface area (Å²) in [6, 6.07) is 10.7. The second-order valence-electron chi connectivity index (χ2n) is 6.44. The number of hydrazine groups is 1. The molecule has 0 spiro atoms. The van der Waals surface area contributed by atoms with Gasteiger partial charge in [-0.05, 0) is 42.8 Å². The predicted molar refractivity (Wildman–Crippen MR) is 95.8 cm³/mol. The van der Waals surface area contributed by atoms with Crippen LogP contribution in [0.25, 0.3) is 0 Å². The van der Waals surface area contributed by atoms with Gasteiger partial charge in [0, 0.05) is 5.56 Å². The normalized spacial score (nSPS) is 20.1. The molecule has 4 amide bonds. The molecule has 1 unspecified atom stereocenters. The first-order valence-corrected chi connectivity index (χ1v) is 8.44. The van der Waals surface area contributed by atoms with E-state index in [4.69, 9.17) is 14.2 Å². The lowest BCUT2D eigenvalue weighted by molar-refractivity contribution is -0.132. The molecular weight excluding hydrogens is 366 g/mol. The number of carbonyl (C=O) groups is 3. The standard InChI is InChI=1S/C19H17N3O6/c1-19(12-4-3-5-13(9-12)26-2)17(24)22(18(25)20-19)21-16(23)11-6-7-14-15(8-11)28-10-27-14/h3-9H,10H2,1-2H3,(H,20,25)(H,21,23). The number of urea groups is 1. The number of nitrogens with zero attached hydrogens (tertiary/aromatic N) is 1. The molecule has 9 heteroatoms. The molecular formula is C19H17N3O6. The fraction of sp³-hybridized carbons (Fsp3) is 0.211. The number of imide groups is 1. The minimum atomic E-state index is -1.34. The quantitative estimate of drug-likeness (QED) is 0.776. The Morgan fingerprint density at radius 1 is 1.18 bits per heavy atom. The number of rotatable bonds is 4. The smallest absolute Gasteiger partial charge is 0.344 e. The van der Waals surface area contributed by atoms with Crippen molar-refractivity contribution >= 4 is 17.8 Å². The lowest BCUT2D eigenvalue weighted by Gasteiger charge is -2.22. The number of nitrogens with one attached hydrogen (secondary N) is 2. The fourth-order valence-electron chi connectivity index (χ4n) is 3.07. The monoisotopic (exact) mass is 383 g/mol. The Hall–Kier alpha value is -3.75. The van der Waals surface area contributed by atoms with E-state index < -0.39 is 23.4 Å². The number of methoxy groups -OCH3 is 1. The largest absolute Gasteiger partial charge is 0.497 e. The van der Waals surface area contributed by atoms with Gasteiger partial charge < -0.3 is 19.5 Å². The SMILES string of the molecule is COc1cccc(C2(C)NC(=O)N(NC(=O)c3ccc4c(c3)OCO4)C2=O)c1. The molecule has 2 aromatic carbocycles. The molecule has 2 heterocycles. The van der Waals surface area contributed by atoms with Crippen molar-refractivity contribution in [2.45, 2.75) is 12.5 Å². The third kappa shape index (κ3) is 2.77. The molecule has 2 aliphatic rings. The number of hydrogen-bond acceptors (Lipinski definition) is 6. The minimum absolute atomic E-state index is 0.0757. The number of fused-ring (bicyclic) bond motifs is 1. The number of amides is 4. The van der Waals surface area contributed by atoms with E-state index in [9.17, 15) is 14.4 Å². The number of carbonyl (C=O) groups excluding carboxylic acids is 3. The molecule has 4 rings (SSSR count). The molecule has 0 saturated carbocycles. The van der Waals surface area contributed by atoms with Crippen molar-refractivity contribution in [1.82, 2.24) is 15.8 Å². The number of ether oxygens (including phenoxy) is 3. The maximum absolute atomic E-state index is 12.9. The van der Waals surface area contributed by atoms with Gasteiger partial charge in [0.2, 0.25) is 6.79 Å². The van der Waals surface area contributed by atoms with Crippen molar-refractivity contribution in [3.05, 3.63) is 53.6 Å². The molecule has 1 atom stereocenters. The molecule has 0 aromatic heterocycles. The highest BCUT2D eigenvalue weighted by Crippen LogP contribution is 2.33. The Balaban J connectivity index is 1.56. The summed E-state index contributed by atoms with van der Waals surface area (Å²) in [5, 5.41) is 3.29. The van der Waals surface area contributed by atoms with Crippen LogP contribution in [0, 0.1) is 0 Å².